The lowest BCUT2D eigenvalue weighted by atomic mass is 10.3. The van der Waals surface area contributed by atoms with Crippen molar-refractivity contribution in [1.82, 2.24) is 5.32 Å². The van der Waals surface area contributed by atoms with Gasteiger partial charge in [-0.1, -0.05) is 15.9 Å². The number of carbonyl (C=O) groups is 1. The maximum Gasteiger partial charge on any atom is 0.229 e. The summed E-state index contributed by atoms with van der Waals surface area (Å²) in [6.45, 7) is 1.39. The van der Waals surface area contributed by atoms with Crippen LogP contribution >= 0.6 is 27.7 Å². The number of carbonyl (C=O) groups excluding carboxylic acids is 1. The van der Waals surface area contributed by atoms with Crippen LogP contribution in [0.15, 0.2) is 0 Å². The molecule has 0 bridgehead atoms. The molecule has 0 saturated heterocycles. The number of halogens is 1. The number of methoxy groups -OCH3 is 1. The summed E-state index contributed by atoms with van der Waals surface area (Å²) in [6.07, 6.45) is 2.81. The minimum absolute atomic E-state index is 0.101. The highest BCUT2D eigenvalue weighted by molar-refractivity contribution is 9.09. The number of ether oxygens (including phenoxy) is 1. The zero-order valence-corrected chi connectivity index (χ0v) is 10.4. The van der Waals surface area contributed by atoms with Gasteiger partial charge < -0.3 is 10.1 Å². The van der Waals surface area contributed by atoms with Gasteiger partial charge in [-0.05, 0) is 12.7 Å². The van der Waals surface area contributed by atoms with E-state index in [2.05, 4.69) is 21.2 Å². The zero-order valence-electron chi connectivity index (χ0n) is 8.01. The number of nitrogens with one attached hydrogen (secondary N) is 1. The zero-order chi connectivity index (χ0) is 10.1. The van der Waals surface area contributed by atoms with E-state index in [0.717, 1.165) is 6.42 Å². The first kappa shape index (κ1) is 13.3. The van der Waals surface area contributed by atoms with Gasteiger partial charge in [-0.25, -0.2) is 0 Å². The van der Waals surface area contributed by atoms with E-state index in [1.54, 1.807) is 7.11 Å². The number of amides is 1. The van der Waals surface area contributed by atoms with E-state index in [1.165, 1.54) is 11.8 Å². The maximum absolute atomic E-state index is 11.0. The largest absolute Gasteiger partial charge is 0.384 e. The average molecular weight is 270 g/mol. The second-order valence-corrected chi connectivity index (χ2v) is 4.79. The van der Waals surface area contributed by atoms with Crippen LogP contribution < -0.4 is 5.32 Å². The van der Waals surface area contributed by atoms with Gasteiger partial charge >= 0.3 is 0 Å². The summed E-state index contributed by atoms with van der Waals surface area (Å²) in [5.41, 5.74) is 0. The first-order valence-electron chi connectivity index (χ1n) is 4.09. The highest BCUT2D eigenvalue weighted by atomic mass is 79.9. The maximum atomic E-state index is 11.0. The summed E-state index contributed by atoms with van der Waals surface area (Å²) < 4.78 is 4.94. The first-order chi connectivity index (χ1) is 6.20. The van der Waals surface area contributed by atoms with Gasteiger partial charge in [-0.3, -0.25) is 4.79 Å². The van der Waals surface area contributed by atoms with Gasteiger partial charge in [0.15, 0.2) is 0 Å². The van der Waals surface area contributed by atoms with E-state index < -0.39 is 0 Å². The lowest BCUT2D eigenvalue weighted by Crippen LogP contribution is -2.28. The Kier molecular flexibility index (Phi) is 9.02. The molecule has 3 nitrogen and oxygen atoms in total. The first-order valence-corrected chi connectivity index (χ1v) is 6.40. The van der Waals surface area contributed by atoms with Crippen LogP contribution in [0.2, 0.25) is 0 Å². The molecule has 0 radical (unpaired) electrons. The Balaban J connectivity index is 3.28. The van der Waals surface area contributed by atoms with Crippen molar-refractivity contribution in [3.05, 3.63) is 0 Å². The molecule has 1 atom stereocenters. The third-order valence-corrected chi connectivity index (χ3v) is 2.68. The van der Waals surface area contributed by atoms with Crippen molar-refractivity contribution in [1.29, 1.82) is 0 Å². The van der Waals surface area contributed by atoms with Crippen LogP contribution in [0.5, 0.6) is 0 Å². The van der Waals surface area contributed by atoms with Crippen molar-refractivity contribution < 1.29 is 9.53 Å². The second-order valence-electron chi connectivity index (χ2n) is 2.62. The fraction of sp³-hybridized carbons (Fsp3) is 0.875. The van der Waals surface area contributed by atoms with E-state index in [9.17, 15) is 4.79 Å². The molecule has 0 aromatic heterocycles. The van der Waals surface area contributed by atoms with Crippen molar-refractivity contribution in [3.63, 3.8) is 0 Å². The van der Waals surface area contributed by atoms with Gasteiger partial charge in [0, 0.05) is 18.5 Å². The fourth-order valence-electron chi connectivity index (χ4n) is 0.815. The second kappa shape index (κ2) is 8.84. The molecule has 5 heteroatoms. The van der Waals surface area contributed by atoms with Crippen LogP contribution in [0.25, 0.3) is 0 Å². The van der Waals surface area contributed by atoms with E-state index in [4.69, 9.17) is 4.74 Å². The average Bonchev–Trinajstić information content (AvgIpc) is 2.05. The SMILES string of the molecule is COCC(Br)CCNC(=O)CSC. The highest BCUT2D eigenvalue weighted by Gasteiger charge is 2.04. The van der Waals surface area contributed by atoms with Gasteiger partial charge in [0.1, 0.15) is 0 Å². The van der Waals surface area contributed by atoms with Crippen molar-refractivity contribution in [2.24, 2.45) is 0 Å². The molecule has 1 N–H and O–H groups in total. The Morgan fingerprint density at radius 1 is 1.69 bits per heavy atom. The topological polar surface area (TPSA) is 38.3 Å². The number of rotatable bonds is 7. The Labute approximate surface area is 92.1 Å². The molecule has 0 saturated carbocycles. The molecule has 0 fully saturated rings. The minimum atomic E-state index is 0.101. The van der Waals surface area contributed by atoms with Crippen LogP contribution in [0.1, 0.15) is 6.42 Å². The molecule has 0 aliphatic rings. The summed E-state index contributed by atoms with van der Waals surface area (Å²) in [7, 11) is 1.67. The molecule has 0 aliphatic carbocycles. The van der Waals surface area contributed by atoms with Crippen molar-refractivity contribution in [2.45, 2.75) is 11.2 Å². The van der Waals surface area contributed by atoms with Gasteiger partial charge in [0.25, 0.3) is 0 Å². The number of alkyl halides is 1. The predicted octanol–water partition coefficient (Wildman–Crippen LogP) is 1.27. The predicted molar refractivity (Wildman–Crippen MR) is 60.6 cm³/mol. The molecule has 1 unspecified atom stereocenters. The monoisotopic (exact) mass is 269 g/mol. The third kappa shape index (κ3) is 8.59. The lowest BCUT2D eigenvalue weighted by Gasteiger charge is -2.08. The van der Waals surface area contributed by atoms with E-state index >= 15 is 0 Å². The van der Waals surface area contributed by atoms with E-state index in [1.807, 2.05) is 6.26 Å². The molecule has 0 aromatic carbocycles. The Morgan fingerprint density at radius 3 is 2.92 bits per heavy atom. The van der Waals surface area contributed by atoms with Crippen LogP contribution in [0.3, 0.4) is 0 Å². The Hall–Kier alpha value is 0.260. The van der Waals surface area contributed by atoms with Crippen molar-refractivity contribution in [3.8, 4) is 0 Å². The van der Waals surface area contributed by atoms with E-state index in [0.29, 0.717) is 23.7 Å². The van der Waals surface area contributed by atoms with Crippen LogP contribution in [-0.2, 0) is 9.53 Å². The molecular formula is C8H16BrNO2S. The standard InChI is InChI=1S/C8H16BrNO2S/c1-12-5-7(9)3-4-10-8(11)6-13-2/h7H,3-6H2,1-2H3,(H,10,11). The van der Waals surface area contributed by atoms with E-state index in [-0.39, 0.29) is 5.91 Å². The Morgan fingerprint density at radius 2 is 2.38 bits per heavy atom. The number of thioether (sulfide) groups is 1. The van der Waals surface area contributed by atoms with Crippen LogP contribution in [0.4, 0.5) is 0 Å². The molecule has 0 heterocycles. The molecule has 0 aromatic rings. The van der Waals surface area contributed by atoms with Crippen molar-refractivity contribution in [2.75, 3.05) is 32.3 Å². The van der Waals surface area contributed by atoms with Gasteiger partial charge in [-0.2, -0.15) is 11.8 Å². The molecular weight excluding hydrogens is 254 g/mol. The normalized spacial score (nSPS) is 12.5. The molecule has 13 heavy (non-hydrogen) atoms. The number of hydrogen-bond acceptors (Lipinski definition) is 3. The lowest BCUT2D eigenvalue weighted by molar-refractivity contribution is -0.118. The summed E-state index contributed by atoms with van der Waals surface area (Å²) in [4.78, 5) is 11.3. The fourth-order valence-corrected chi connectivity index (χ4v) is 1.67. The summed E-state index contributed by atoms with van der Waals surface area (Å²) in [6, 6.07) is 0. The summed E-state index contributed by atoms with van der Waals surface area (Å²) in [5.74, 6) is 0.640. The van der Waals surface area contributed by atoms with Crippen LogP contribution in [-0.4, -0.2) is 43.0 Å². The smallest absolute Gasteiger partial charge is 0.229 e. The highest BCUT2D eigenvalue weighted by Crippen LogP contribution is 2.03. The third-order valence-electron chi connectivity index (χ3n) is 1.40. The molecule has 1 amide bonds. The summed E-state index contributed by atoms with van der Waals surface area (Å²) >= 11 is 4.98. The molecule has 0 rings (SSSR count). The molecule has 0 aliphatic heterocycles. The van der Waals surface area contributed by atoms with Gasteiger partial charge in [0.2, 0.25) is 5.91 Å². The van der Waals surface area contributed by atoms with Gasteiger partial charge in [0.05, 0.1) is 12.4 Å². The van der Waals surface area contributed by atoms with Crippen LogP contribution in [0, 0.1) is 0 Å². The quantitative estimate of drug-likeness (QED) is 0.708. The number of hydrogen-bond donors (Lipinski definition) is 1. The minimum Gasteiger partial charge on any atom is -0.384 e. The van der Waals surface area contributed by atoms with Gasteiger partial charge in [-0.15, -0.1) is 0 Å². The molecule has 0 spiro atoms. The molecule has 78 valence electrons. The van der Waals surface area contributed by atoms with Crippen molar-refractivity contribution >= 4 is 33.6 Å². The Bertz CT molecular complexity index is 146. The summed E-state index contributed by atoms with van der Waals surface area (Å²) in [5, 5.41) is 2.83.